The maximum absolute atomic E-state index is 12.7. The number of amides is 1. The summed E-state index contributed by atoms with van der Waals surface area (Å²) in [5.74, 6) is -0.276. The summed E-state index contributed by atoms with van der Waals surface area (Å²) in [5.41, 5.74) is 4.20. The molecule has 5 rings (SSSR count). The highest BCUT2D eigenvalue weighted by Crippen LogP contribution is 2.27. The molecule has 0 aliphatic carbocycles. The fourth-order valence-electron chi connectivity index (χ4n) is 4.47. The van der Waals surface area contributed by atoms with E-state index in [9.17, 15) is 23.1 Å². The molecule has 0 radical (unpaired) electrons. The molecule has 2 heterocycles. The van der Waals surface area contributed by atoms with Gasteiger partial charge in [0.2, 0.25) is 10.0 Å². The van der Waals surface area contributed by atoms with Crippen LogP contribution < -0.4 is 20.7 Å². The molecular weight excluding hydrogens is 542 g/mol. The average Bonchev–Trinajstić information content (AvgIpc) is 2.99. The van der Waals surface area contributed by atoms with Gasteiger partial charge in [0.05, 0.1) is 4.90 Å². The molecule has 3 aromatic carbocycles. The number of aromatic nitrogens is 1. The number of hydrogen-bond donors (Lipinski definition) is 5. The number of sulfonamides is 1. The summed E-state index contributed by atoms with van der Waals surface area (Å²) in [6, 6.07) is 24.6. The van der Waals surface area contributed by atoms with Gasteiger partial charge in [-0.2, -0.15) is 4.72 Å². The second kappa shape index (κ2) is 12.2. The molecule has 0 fully saturated rings. The molecule has 1 aliphatic heterocycles. The molecule has 1 aromatic heterocycles. The lowest BCUT2D eigenvalue weighted by molar-refractivity contribution is -0.138. The molecule has 1 amide bonds. The normalized spacial score (nSPS) is 13.4. The number of aryl methyl sites for hydroxylation is 1. The van der Waals surface area contributed by atoms with E-state index in [1.165, 1.54) is 29.8 Å². The summed E-state index contributed by atoms with van der Waals surface area (Å²) in [7, 11) is -4.08. The standard InChI is InChI=1S/C30H29N5O5S/c36-29(32-19-26(30(37)38)35-41(39,40)25-9-2-1-3-10-25)22-13-11-20(12-14-22)23-6-4-8-24(18-23)33-27-16-15-21-7-5-17-31-28(21)34-27/h1-4,6,8-16,18,26,35H,5,7,17,19H2,(H,32,36)(H,37,38)(H2,31,33,34)/t26-/m0/s1. The topological polar surface area (TPSA) is 150 Å². The molecule has 0 unspecified atom stereocenters. The van der Waals surface area contributed by atoms with E-state index in [4.69, 9.17) is 0 Å². The first-order chi connectivity index (χ1) is 19.8. The molecule has 1 atom stereocenters. The Kier molecular flexibility index (Phi) is 8.27. The molecule has 11 heteroatoms. The van der Waals surface area contributed by atoms with Gasteiger partial charge in [-0.1, -0.05) is 48.5 Å². The fraction of sp³-hybridized carbons (Fsp3) is 0.167. The summed E-state index contributed by atoms with van der Waals surface area (Å²) in [6.07, 6.45) is 2.12. The average molecular weight is 572 g/mol. The van der Waals surface area contributed by atoms with Gasteiger partial charge in [-0.05, 0) is 72.0 Å². The number of pyridine rings is 1. The molecule has 0 saturated heterocycles. The lowest BCUT2D eigenvalue weighted by atomic mass is 10.0. The Bertz CT molecular complexity index is 1660. The monoisotopic (exact) mass is 571 g/mol. The van der Waals surface area contributed by atoms with Crippen molar-refractivity contribution in [3.8, 4) is 11.1 Å². The quantitative estimate of drug-likeness (QED) is 0.192. The third-order valence-electron chi connectivity index (χ3n) is 6.63. The van der Waals surface area contributed by atoms with Gasteiger partial charge in [0.15, 0.2) is 0 Å². The van der Waals surface area contributed by atoms with Crippen molar-refractivity contribution in [3.05, 3.63) is 102 Å². The van der Waals surface area contributed by atoms with Crippen LogP contribution in [0.4, 0.5) is 17.3 Å². The van der Waals surface area contributed by atoms with Gasteiger partial charge >= 0.3 is 5.97 Å². The van der Waals surface area contributed by atoms with Crippen molar-refractivity contribution in [3.63, 3.8) is 0 Å². The molecule has 5 N–H and O–H groups in total. The van der Waals surface area contributed by atoms with Crippen LogP contribution in [0, 0.1) is 0 Å². The second-order valence-electron chi connectivity index (χ2n) is 9.55. The van der Waals surface area contributed by atoms with Gasteiger partial charge < -0.3 is 21.1 Å². The third kappa shape index (κ3) is 6.89. The summed E-state index contributed by atoms with van der Waals surface area (Å²) < 4.78 is 27.2. The van der Waals surface area contributed by atoms with Crippen LogP contribution in [0.15, 0.2) is 95.9 Å². The summed E-state index contributed by atoms with van der Waals surface area (Å²) >= 11 is 0. The van der Waals surface area contributed by atoms with E-state index >= 15 is 0 Å². The van der Waals surface area contributed by atoms with Crippen LogP contribution in [-0.2, 0) is 21.2 Å². The Morgan fingerprint density at radius 1 is 0.927 bits per heavy atom. The predicted molar refractivity (Wildman–Crippen MR) is 157 cm³/mol. The first kappa shape index (κ1) is 27.8. The number of anilines is 3. The number of nitrogens with one attached hydrogen (secondary N) is 4. The number of fused-ring (bicyclic) bond motifs is 1. The van der Waals surface area contributed by atoms with Crippen LogP contribution in [0.25, 0.3) is 11.1 Å². The van der Waals surface area contributed by atoms with Crippen LogP contribution in [-0.4, -0.2) is 49.5 Å². The van der Waals surface area contributed by atoms with Gasteiger partial charge in [-0.15, -0.1) is 0 Å². The van der Waals surface area contributed by atoms with Gasteiger partial charge in [0, 0.05) is 24.3 Å². The second-order valence-corrected chi connectivity index (χ2v) is 11.3. The molecule has 0 bridgehead atoms. The fourth-order valence-corrected chi connectivity index (χ4v) is 5.68. The molecule has 10 nitrogen and oxygen atoms in total. The van der Waals surface area contributed by atoms with E-state index in [1.54, 1.807) is 30.3 Å². The molecular formula is C30H29N5O5S. The van der Waals surface area contributed by atoms with Crippen molar-refractivity contribution in [1.82, 2.24) is 15.0 Å². The van der Waals surface area contributed by atoms with Crippen LogP contribution in [0.3, 0.4) is 0 Å². The number of carbonyl (C=O) groups is 2. The first-order valence-corrected chi connectivity index (χ1v) is 14.6. The van der Waals surface area contributed by atoms with Crippen molar-refractivity contribution in [2.45, 2.75) is 23.8 Å². The molecule has 0 spiro atoms. The summed E-state index contributed by atoms with van der Waals surface area (Å²) in [4.78, 5) is 29.0. The lowest BCUT2D eigenvalue weighted by Crippen LogP contribution is -2.48. The minimum Gasteiger partial charge on any atom is -0.480 e. The summed E-state index contributed by atoms with van der Waals surface area (Å²) in [5, 5.41) is 18.7. The van der Waals surface area contributed by atoms with Crippen molar-refractivity contribution < 1.29 is 23.1 Å². The number of nitrogens with zero attached hydrogens (tertiary/aromatic N) is 1. The highest BCUT2D eigenvalue weighted by Gasteiger charge is 2.26. The zero-order valence-corrected chi connectivity index (χ0v) is 22.8. The van der Waals surface area contributed by atoms with E-state index in [2.05, 4.69) is 31.7 Å². The zero-order chi connectivity index (χ0) is 28.8. The van der Waals surface area contributed by atoms with Crippen molar-refractivity contribution in [2.24, 2.45) is 0 Å². The van der Waals surface area contributed by atoms with Crippen molar-refractivity contribution >= 4 is 39.2 Å². The Morgan fingerprint density at radius 3 is 2.46 bits per heavy atom. The van der Waals surface area contributed by atoms with Crippen LogP contribution >= 0.6 is 0 Å². The predicted octanol–water partition coefficient (Wildman–Crippen LogP) is 4.01. The highest BCUT2D eigenvalue weighted by molar-refractivity contribution is 7.89. The maximum atomic E-state index is 12.7. The van der Waals surface area contributed by atoms with Crippen LogP contribution in [0.2, 0.25) is 0 Å². The SMILES string of the molecule is O=C(NC[C@H](NS(=O)(=O)c1ccccc1)C(=O)O)c1ccc(-c2cccc(Nc3ccc4c(n3)NCCC4)c2)cc1. The minimum atomic E-state index is -4.08. The molecule has 1 aliphatic rings. The molecule has 4 aromatic rings. The Morgan fingerprint density at radius 2 is 1.71 bits per heavy atom. The van der Waals surface area contributed by atoms with E-state index in [-0.39, 0.29) is 4.90 Å². The van der Waals surface area contributed by atoms with Gasteiger partial charge in [0.25, 0.3) is 5.91 Å². The Labute approximate surface area is 237 Å². The number of carbonyl (C=O) groups excluding carboxylic acids is 1. The highest BCUT2D eigenvalue weighted by atomic mass is 32.2. The van der Waals surface area contributed by atoms with E-state index in [1.807, 2.05) is 30.3 Å². The number of carboxylic acid groups (broad SMARTS) is 1. The van der Waals surface area contributed by atoms with Gasteiger partial charge in [0.1, 0.15) is 17.7 Å². The van der Waals surface area contributed by atoms with Crippen LogP contribution in [0.1, 0.15) is 22.3 Å². The largest absolute Gasteiger partial charge is 0.480 e. The minimum absolute atomic E-state index is 0.0663. The zero-order valence-electron chi connectivity index (χ0n) is 22.0. The Balaban J connectivity index is 1.21. The molecule has 210 valence electrons. The number of hydrogen-bond acceptors (Lipinski definition) is 7. The lowest BCUT2D eigenvalue weighted by Gasteiger charge is -2.18. The third-order valence-corrected chi connectivity index (χ3v) is 8.11. The first-order valence-electron chi connectivity index (χ1n) is 13.1. The number of carboxylic acids is 1. The van der Waals surface area contributed by atoms with E-state index in [0.717, 1.165) is 47.8 Å². The summed E-state index contributed by atoms with van der Waals surface area (Å²) in [6.45, 7) is 0.488. The molecule has 41 heavy (non-hydrogen) atoms. The number of aliphatic carboxylic acids is 1. The molecule has 0 saturated carbocycles. The van der Waals surface area contributed by atoms with Gasteiger partial charge in [-0.25, -0.2) is 13.4 Å². The number of benzene rings is 3. The van der Waals surface area contributed by atoms with E-state index in [0.29, 0.717) is 5.56 Å². The maximum Gasteiger partial charge on any atom is 0.323 e. The van der Waals surface area contributed by atoms with Crippen LogP contribution in [0.5, 0.6) is 0 Å². The number of rotatable bonds is 10. The van der Waals surface area contributed by atoms with Crippen molar-refractivity contribution in [2.75, 3.05) is 23.7 Å². The van der Waals surface area contributed by atoms with Crippen molar-refractivity contribution in [1.29, 1.82) is 0 Å². The Hall–Kier alpha value is -4.74. The van der Waals surface area contributed by atoms with Gasteiger partial charge in [-0.3, -0.25) is 9.59 Å². The smallest absolute Gasteiger partial charge is 0.323 e. The van der Waals surface area contributed by atoms with E-state index < -0.39 is 34.5 Å².